The maximum absolute atomic E-state index is 13.4. The summed E-state index contributed by atoms with van der Waals surface area (Å²) in [5.41, 5.74) is 6.49. The predicted molar refractivity (Wildman–Crippen MR) is 132 cm³/mol. The Labute approximate surface area is 213 Å². The lowest BCUT2D eigenvalue weighted by Gasteiger charge is -2.33. The first-order chi connectivity index (χ1) is 18.4. The number of ether oxygens (including phenoxy) is 1. The molecule has 0 atom stereocenters. The Kier molecular flexibility index (Phi) is 5.44. The van der Waals surface area contributed by atoms with Crippen LogP contribution in [0.15, 0.2) is 43.1 Å². The van der Waals surface area contributed by atoms with Gasteiger partial charge in [-0.1, -0.05) is 6.07 Å². The van der Waals surface area contributed by atoms with Crippen molar-refractivity contribution < 1.29 is 19.1 Å². The number of ketones is 1. The van der Waals surface area contributed by atoms with Crippen molar-refractivity contribution in [1.82, 2.24) is 44.2 Å². The highest BCUT2D eigenvalue weighted by Crippen LogP contribution is 2.32. The third kappa shape index (κ3) is 3.76. The zero-order chi connectivity index (χ0) is 26.4. The van der Waals surface area contributed by atoms with Crippen molar-refractivity contribution in [2.75, 3.05) is 38.2 Å². The molecule has 15 heteroatoms. The summed E-state index contributed by atoms with van der Waals surface area (Å²) in [6, 6.07) is 5.63. The van der Waals surface area contributed by atoms with Crippen molar-refractivity contribution >= 4 is 40.1 Å². The molecule has 1 fully saturated rings. The smallest absolute Gasteiger partial charge is 0.295 e. The second-order valence-electron chi connectivity index (χ2n) is 8.50. The molecule has 1 aliphatic heterocycles. The van der Waals surface area contributed by atoms with Crippen LogP contribution in [0.3, 0.4) is 0 Å². The normalized spacial score (nSPS) is 13.8. The van der Waals surface area contributed by atoms with Crippen molar-refractivity contribution in [2.24, 2.45) is 5.73 Å². The number of piperazine rings is 1. The first-order valence-electron chi connectivity index (χ1n) is 11.6. The molecule has 6 rings (SSSR count). The van der Waals surface area contributed by atoms with E-state index in [4.69, 9.17) is 10.5 Å². The van der Waals surface area contributed by atoms with Gasteiger partial charge in [-0.3, -0.25) is 14.4 Å². The second kappa shape index (κ2) is 8.95. The van der Waals surface area contributed by atoms with Crippen LogP contribution in [-0.4, -0.2) is 95.1 Å². The Morgan fingerprint density at radius 3 is 2.61 bits per heavy atom. The molecule has 0 aliphatic carbocycles. The van der Waals surface area contributed by atoms with Gasteiger partial charge in [0.1, 0.15) is 12.1 Å². The predicted octanol–water partition coefficient (Wildman–Crippen LogP) is -0.175. The van der Waals surface area contributed by atoms with Crippen molar-refractivity contribution in [1.29, 1.82) is 0 Å². The van der Waals surface area contributed by atoms with Crippen LogP contribution in [0.4, 0.5) is 5.95 Å². The average Bonchev–Trinajstić information content (AvgIpc) is 3.70. The molecule has 15 nitrogen and oxygen atoms in total. The van der Waals surface area contributed by atoms with E-state index < -0.39 is 17.6 Å². The fraction of sp³-hybridized carbons (Fsp3) is 0.217. The van der Waals surface area contributed by atoms with E-state index >= 15 is 0 Å². The number of carbonyl (C=O) groups excluding carboxylic acids is 3. The largest absolute Gasteiger partial charge is 0.494 e. The summed E-state index contributed by atoms with van der Waals surface area (Å²) in [4.78, 5) is 57.2. The zero-order valence-corrected chi connectivity index (χ0v) is 20.1. The SMILES string of the molecule is COc1cnc(-n2cnc(C(N)=O)n2)c2[nH]cc(C(=O)C(=O)N3CCN(c4nc5ccccn5n4)CC3)c12. The van der Waals surface area contributed by atoms with Gasteiger partial charge < -0.3 is 25.3 Å². The van der Waals surface area contributed by atoms with Crippen LogP contribution in [0.25, 0.3) is 22.4 Å². The van der Waals surface area contributed by atoms with Gasteiger partial charge in [-0.15, -0.1) is 10.2 Å². The molecule has 0 unspecified atom stereocenters. The number of amides is 2. The minimum Gasteiger partial charge on any atom is -0.494 e. The Bertz CT molecular complexity index is 1680. The quantitative estimate of drug-likeness (QED) is 0.227. The molecule has 5 aromatic heterocycles. The second-order valence-corrected chi connectivity index (χ2v) is 8.50. The lowest BCUT2D eigenvalue weighted by Crippen LogP contribution is -2.51. The van der Waals surface area contributed by atoms with E-state index in [0.29, 0.717) is 48.8 Å². The van der Waals surface area contributed by atoms with Crippen LogP contribution in [0.2, 0.25) is 0 Å². The van der Waals surface area contributed by atoms with Crippen LogP contribution in [0.5, 0.6) is 5.75 Å². The van der Waals surface area contributed by atoms with E-state index in [9.17, 15) is 14.4 Å². The van der Waals surface area contributed by atoms with Crippen LogP contribution in [0.1, 0.15) is 21.0 Å². The highest BCUT2D eigenvalue weighted by atomic mass is 16.5. The van der Waals surface area contributed by atoms with Crippen molar-refractivity contribution in [3.05, 3.63) is 54.5 Å². The van der Waals surface area contributed by atoms with Gasteiger partial charge >= 0.3 is 0 Å². The van der Waals surface area contributed by atoms with Gasteiger partial charge in [0.05, 0.1) is 29.8 Å². The summed E-state index contributed by atoms with van der Waals surface area (Å²) in [5.74, 6) is -1.19. The van der Waals surface area contributed by atoms with E-state index in [1.807, 2.05) is 29.3 Å². The molecule has 6 heterocycles. The Hall–Kier alpha value is -5.34. The van der Waals surface area contributed by atoms with Gasteiger partial charge in [0.15, 0.2) is 11.5 Å². The van der Waals surface area contributed by atoms with E-state index in [0.717, 1.165) is 5.65 Å². The number of pyridine rings is 2. The molecule has 0 saturated carbocycles. The number of fused-ring (bicyclic) bond motifs is 2. The fourth-order valence-corrected chi connectivity index (χ4v) is 4.41. The summed E-state index contributed by atoms with van der Waals surface area (Å²) in [6.07, 6.45) is 5.93. The molecule has 192 valence electrons. The molecule has 0 radical (unpaired) electrons. The summed E-state index contributed by atoms with van der Waals surface area (Å²) in [5, 5.41) is 8.87. The number of aromatic nitrogens is 8. The number of hydrogen-bond donors (Lipinski definition) is 2. The van der Waals surface area contributed by atoms with Gasteiger partial charge in [-0.25, -0.2) is 14.5 Å². The molecule has 5 aromatic rings. The maximum atomic E-state index is 13.4. The van der Waals surface area contributed by atoms with E-state index in [1.54, 1.807) is 4.52 Å². The molecule has 0 aromatic carbocycles. The molecular formula is C23H21N11O4. The topological polar surface area (TPSA) is 183 Å². The van der Waals surface area contributed by atoms with Crippen molar-refractivity contribution in [3.8, 4) is 11.6 Å². The number of carbonyl (C=O) groups is 3. The number of nitrogens with two attached hydrogens (primary N) is 1. The van der Waals surface area contributed by atoms with Crippen LogP contribution < -0.4 is 15.4 Å². The van der Waals surface area contributed by atoms with Crippen LogP contribution >= 0.6 is 0 Å². The van der Waals surface area contributed by atoms with Crippen LogP contribution in [0, 0.1) is 0 Å². The molecule has 0 bridgehead atoms. The molecular weight excluding hydrogens is 494 g/mol. The number of methoxy groups -OCH3 is 1. The summed E-state index contributed by atoms with van der Waals surface area (Å²) in [7, 11) is 1.44. The van der Waals surface area contributed by atoms with E-state index in [-0.39, 0.29) is 17.2 Å². The summed E-state index contributed by atoms with van der Waals surface area (Å²) < 4.78 is 8.37. The Morgan fingerprint density at radius 2 is 1.89 bits per heavy atom. The highest BCUT2D eigenvalue weighted by Gasteiger charge is 2.31. The lowest BCUT2D eigenvalue weighted by molar-refractivity contribution is -0.126. The third-order valence-electron chi connectivity index (χ3n) is 6.32. The molecule has 38 heavy (non-hydrogen) atoms. The zero-order valence-electron chi connectivity index (χ0n) is 20.1. The first-order valence-corrected chi connectivity index (χ1v) is 11.6. The average molecular weight is 515 g/mol. The number of nitrogens with one attached hydrogen (secondary N) is 1. The number of H-pyrrole nitrogens is 1. The lowest BCUT2D eigenvalue weighted by atomic mass is 10.1. The summed E-state index contributed by atoms with van der Waals surface area (Å²) >= 11 is 0. The monoisotopic (exact) mass is 515 g/mol. The van der Waals surface area contributed by atoms with Gasteiger partial charge in [0.25, 0.3) is 17.6 Å². The molecule has 2 amide bonds. The number of anilines is 1. The summed E-state index contributed by atoms with van der Waals surface area (Å²) in [6.45, 7) is 1.63. The molecule has 1 saturated heterocycles. The minimum absolute atomic E-state index is 0.130. The van der Waals surface area contributed by atoms with Gasteiger partial charge in [0.2, 0.25) is 11.8 Å². The van der Waals surface area contributed by atoms with Crippen molar-refractivity contribution in [3.63, 3.8) is 0 Å². The Morgan fingerprint density at radius 1 is 1.08 bits per heavy atom. The van der Waals surface area contributed by atoms with Gasteiger partial charge in [-0.2, -0.15) is 9.67 Å². The van der Waals surface area contributed by atoms with E-state index in [1.165, 1.54) is 35.4 Å². The number of hydrogen-bond acceptors (Lipinski definition) is 10. The first kappa shape index (κ1) is 23.1. The minimum atomic E-state index is -0.793. The number of aromatic amines is 1. The number of rotatable bonds is 6. The van der Waals surface area contributed by atoms with Crippen molar-refractivity contribution in [2.45, 2.75) is 0 Å². The standard InChI is InChI=1S/C23H21N11O4/c1-38-14-11-26-21(34-12-27-20(29-34)19(24)36)17-16(14)13(10-25-17)18(35)22(37)31-6-8-32(9-7-31)23-28-15-4-2-3-5-33(15)30-23/h2-5,10-12,25H,6-9H2,1H3,(H2,24,36). The fourth-order valence-electron chi connectivity index (χ4n) is 4.41. The van der Waals surface area contributed by atoms with Crippen LogP contribution in [-0.2, 0) is 4.79 Å². The maximum Gasteiger partial charge on any atom is 0.295 e. The van der Waals surface area contributed by atoms with Gasteiger partial charge in [0, 0.05) is 38.6 Å². The molecule has 3 N–H and O–H groups in total. The molecule has 0 spiro atoms. The third-order valence-corrected chi connectivity index (χ3v) is 6.32. The highest BCUT2D eigenvalue weighted by molar-refractivity contribution is 6.45. The van der Waals surface area contributed by atoms with Gasteiger partial charge in [-0.05, 0) is 12.1 Å². The van der Waals surface area contributed by atoms with E-state index in [2.05, 4.69) is 30.1 Å². The Balaban J connectivity index is 1.24. The molecule has 1 aliphatic rings. The number of Topliss-reactive ketones (excluding diaryl/α,β-unsaturated/α-hetero) is 1. The number of nitrogens with zero attached hydrogens (tertiary/aromatic N) is 9. The number of primary amides is 1.